The summed E-state index contributed by atoms with van der Waals surface area (Å²) in [6, 6.07) is 14.1. The predicted molar refractivity (Wildman–Crippen MR) is 108 cm³/mol. The molecule has 0 aliphatic rings. The van der Waals surface area contributed by atoms with E-state index in [1.165, 1.54) is 22.0 Å². The molecule has 1 atom stereocenters. The number of benzene rings is 2. The number of carbonyl (C=O) groups excluding carboxylic acids is 1. The van der Waals surface area contributed by atoms with Crippen LogP contribution in [-0.2, 0) is 11.3 Å². The highest BCUT2D eigenvalue weighted by Crippen LogP contribution is 2.32. The molecule has 0 saturated heterocycles. The lowest BCUT2D eigenvalue weighted by molar-refractivity contribution is -0.124. The zero-order valence-corrected chi connectivity index (χ0v) is 16.1. The average molecular weight is 374 g/mol. The lowest BCUT2D eigenvalue weighted by Gasteiger charge is -2.12. The van der Waals surface area contributed by atoms with Gasteiger partial charge in [-0.05, 0) is 54.0 Å². The predicted octanol–water partition coefficient (Wildman–Crippen LogP) is 3.32. The monoisotopic (exact) mass is 374 g/mol. The Bertz CT molecular complexity index is 1110. The summed E-state index contributed by atoms with van der Waals surface area (Å²) in [6.07, 6.45) is 1.44. The van der Waals surface area contributed by atoms with E-state index in [9.17, 15) is 4.79 Å². The Morgan fingerprint density at radius 2 is 2.00 bits per heavy atom. The maximum atomic E-state index is 12.5. The first-order valence-corrected chi connectivity index (χ1v) is 9.22. The minimum atomic E-state index is -0.472. The Labute approximate surface area is 162 Å². The van der Waals surface area contributed by atoms with Crippen molar-refractivity contribution in [2.45, 2.75) is 33.4 Å². The highest BCUT2D eigenvalue weighted by molar-refractivity contribution is 5.93. The highest BCUT2D eigenvalue weighted by atomic mass is 16.2. The third-order valence-electron chi connectivity index (χ3n) is 5.05. The van der Waals surface area contributed by atoms with Crippen LogP contribution in [0.15, 0.2) is 48.8 Å². The molecule has 0 saturated carbocycles. The molecule has 7 heteroatoms. The van der Waals surface area contributed by atoms with Crippen molar-refractivity contribution in [3.05, 3.63) is 65.5 Å². The first kappa shape index (κ1) is 17.9. The zero-order chi connectivity index (χ0) is 19.7. The molecule has 1 amide bonds. The van der Waals surface area contributed by atoms with Crippen molar-refractivity contribution in [1.29, 1.82) is 0 Å². The molecular weight excluding hydrogens is 352 g/mol. The Balaban J connectivity index is 1.65. The van der Waals surface area contributed by atoms with E-state index in [0.717, 1.165) is 27.9 Å². The van der Waals surface area contributed by atoms with Gasteiger partial charge in [-0.2, -0.15) is 0 Å². The molecule has 0 spiro atoms. The summed E-state index contributed by atoms with van der Waals surface area (Å²) in [5, 5.41) is 15.1. The van der Waals surface area contributed by atoms with Gasteiger partial charge in [0, 0.05) is 17.6 Å². The van der Waals surface area contributed by atoms with Crippen molar-refractivity contribution in [2.75, 3.05) is 0 Å². The number of H-pyrrole nitrogens is 1. The Morgan fingerprint density at radius 1 is 1.21 bits per heavy atom. The van der Waals surface area contributed by atoms with Crippen LogP contribution in [0.2, 0.25) is 0 Å². The number of hydrogen-bond donors (Lipinski definition) is 2. The van der Waals surface area contributed by atoms with Gasteiger partial charge < -0.3 is 10.3 Å². The average Bonchev–Trinajstić information content (AvgIpc) is 3.35. The molecule has 0 aliphatic carbocycles. The summed E-state index contributed by atoms with van der Waals surface area (Å²) in [5.41, 5.74) is 6.73. The van der Waals surface area contributed by atoms with Gasteiger partial charge in [0.25, 0.3) is 0 Å². The molecule has 2 heterocycles. The van der Waals surface area contributed by atoms with Crippen molar-refractivity contribution in [3.63, 3.8) is 0 Å². The molecule has 0 fully saturated rings. The Hall–Kier alpha value is -3.48. The molecule has 142 valence electrons. The molecule has 2 aromatic carbocycles. The van der Waals surface area contributed by atoms with Gasteiger partial charge in [0.05, 0.1) is 5.52 Å². The molecule has 4 rings (SSSR count). The number of rotatable bonds is 5. The van der Waals surface area contributed by atoms with Crippen molar-refractivity contribution in [2.24, 2.45) is 0 Å². The highest BCUT2D eigenvalue weighted by Gasteiger charge is 2.17. The van der Waals surface area contributed by atoms with Crippen LogP contribution >= 0.6 is 0 Å². The Morgan fingerprint density at radius 3 is 2.71 bits per heavy atom. The first-order valence-electron chi connectivity index (χ1n) is 9.22. The van der Waals surface area contributed by atoms with Crippen LogP contribution < -0.4 is 5.32 Å². The van der Waals surface area contributed by atoms with Crippen LogP contribution in [0.3, 0.4) is 0 Å². The molecule has 0 aliphatic heterocycles. The summed E-state index contributed by atoms with van der Waals surface area (Å²) in [7, 11) is 0. The first-order chi connectivity index (χ1) is 13.5. The SMILES string of the molecule is Cc1cc(CNC(=O)[C@H](C)n2cnnn2)c2[nH]c(-c3ccccc3)c(C)c2c1. The molecule has 0 bridgehead atoms. The topological polar surface area (TPSA) is 88.5 Å². The fourth-order valence-electron chi connectivity index (χ4n) is 3.49. The van der Waals surface area contributed by atoms with Crippen molar-refractivity contribution < 1.29 is 4.79 Å². The second-order valence-corrected chi connectivity index (χ2v) is 7.02. The van der Waals surface area contributed by atoms with E-state index >= 15 is 0 Å². The maximum absolute atomic E-state index is 12.5. The number of aromatic nitrogens is 5. The van der Waals surface area contributed by atoms with Crippen molar-refractivity contribution in [1.82, 2.24) is 30.5 Å². The Kier molecular flexibility index (Phi) is 4.65. The number of amides is 1. The van der Waals surface area contributed by atoms with E-state index in [2.05, 4.69) is 63.9 Å². The van der Waals surface area contributed by atoms with Gasteiger partial charge in [0.15, 0.2) is 0 Å². The number of fused-ring (bicyclic) bond motifs is 1. The summed E-state index contributed by atoms with van der Waals surface area (Å²) in [6.45, 7) is 6.40. The molecule has 0 radical (unpaired) electrons. The maximum Gasteiger partial charge on any atom is 0.244 e. The summed E-state index contributed by atoms with van der Waals surface area (Å²) >= 11 is 0. The molecule has 28 heavy (non-hydrogen) atoms. The fourth-order valence-corrected chi connectivity index (χ4v) is 3.49. The third-order valence-corrected chi connectivity index (χ3v) is 5.05. The fraction of sp³-hybridized carbons (Fsp3) is 0.238. The number of hydrogen-bond acceptors (Lipinski definition) is 4. The number of tetrazole rings is 1. The number of nitrogens with zero attached hydrogens (tertiary/aromatic N) is 4. The van der Waals surface area contributed by atoms with Gasteiger partial charge in [0.1, 0.15) is 12.4 Å². The lowest BCUT2D eigenvalue weighted by Crippen LogP contribution is -2.31. The molecular formula is C21H22N6O. The van der Waals surface area contributed by atoms with E-state index in [-0.39, 0.29) is 5.91 Å². The van der Waals surface area contributed by atoms with Gasteiger partial charge in [-0.1, -0.05) is 42.0 Å². The summed E-state index contributed by atoms with van der Waals surface area (Å²) in [4.78, 5) is 16.1. The normalized spacial score (nSPS) is 12.2. The second-order valence-electron chi connectivity index (χ2n) is 7.02. The van der Waals surface area contributed by atoms with Gasteiger partial charge in [-0.25, -0.2) is 4.68 Å². The number of aryl methyl sites for hydroxylation is 2. The van der Waals surface area contributed by atoms with Crippen LogP contribution in [0.5, 0.6) is 0 Å². The van der Waals surface area contributed by atoms with Crippen LogP contribution in [0.1, 0.15) is 29.7 Å². The van der Waals surface area contributed by atoms with Gasteiger partial charge >= 0.3 is 0 Å². The zero-order valence-electron chi connectivity index (χ0n) is 16.1. The van der Waals surface area contributed by atoms with E-state index in [1.54, 1.807) is 6.92 Å². The number of nitrogens with one attached hydrogen (secondary N) is 2. The van der Waals surface area contributed by atoms with Crippen molar-refractivity contribution in [3.8, 4) is 11.3 Å². The van der Waals surface area contributed by atoms with E-state index in [4.69, 9.17) is 0 Å². The third kappa shape index (κ3) is 3.26. The summed E-state index contributed by atoms with van der Waals surface area (Å²) in [5.74, 6) is -0.131. The molecule has 2 N–H and O–H groups in total. The van der Waals surface area contributed by atoms with Gasteiger partial charge in [-0.15, -0.1) is 5.10 Å². The van der Waals surface area contributed by atoms with Gasteiger partial charge in [-0.3, -0.25) is 4.79 Å². The van der Waals surface area contributed by atoms with E-state index in [0.29, 0.717) is 6.54 Å². The largest absolute Gasteiger partial charge is 0.354 e. The molecule has 7 nitrogen and oxygen atoms in total. The van der Waals surface area contributed by atoms with Crippen LogP contribution in [0, 0.1) is 13.8 Å². The molecule has 2 aromatic heterocycles. The van der Waals surface area contributed by atoms with E-state index < -0.39 is 6.04 Å². The molecule has 4 aromatic rings. The minimum Gasteiger partial charge on any atom is -0.354 e. The second kappa shape index (κ2) is 7.26. The number of carbonyl (C=O) groups is 1. The lowest BCUT2D eigenvalue weighted by atomic mass is 10.0. The van der Waals surface area contributed by atoms with E-state index in [1.807, 2.05) is 18.2 Å². The van der Waals surface area contributed by atoms with Gasteiger partial charge in [0.2, 0.25) is 5.91 Å². The molecule has 0 unspecified atom stereocenters. The summed E-state index contributed by atoms with van der Waals surface area (Å²) < 4.78 is 1.44. The van der Waals surface area contributed by atoms with Crippen molar-refractivity contribution >= 4 is 16.8 Å². The standard InChI is InChI=1S/C21H22N6O/c1-13-9-17(11-22-21(28)15(3)27-12-23-25-26-27)20-18(10-13)14(2)19(24-20)16-7-5-4-6-8-16/h4-10,12,15,24H,11H2,1-3H3,(H,22,28)/t15-/m0/s1. The quantitative estimate of drug-likeness (QED) is 0.561. The van der Waals surface area contributed by atoms with Crippen LogP contribution in [0.25, 0.3) is 22.2 Å². The van der Waals surface area contributed by atoms with Crippen LogP contribution in [-0.4, -0.2) is 31.1 Å². The number of aromatic amines is 1. The van der Waals surface area contributed by atoms with Crippen LogP contribution in [0.4, 0.5) is 0 Å². The minimum absolute atomic E-state index is 0.131. The smallest absolute Gasteiger partial charge is 0.244 e.